The van der Waals surface area contributed by atoms with Crippen LogP contribution in [-0.2, 0) is 4.79 Å². The number of methoxy groups -OCH3 is 1. The normalized spacial score (nSPS) is 40.1. The van der Waals surface area contributed by atoms with E-state index in [1.807, 2.05) is 12.1 Å². The molecule has 0 radical (unpaired) electrons. The molecular weight excluding hydrogens is 304 g/mol. The van der Waals surface area contributed by atoms with E-state index in [1.165, 1.54) is 15.4 Å². The van der Waals surface area contributed by atoms with E-state index in [9.17, 15) is 9.90 Å². The maximum absolute atomic E-state index is 13.1. The first-order valence-corrected chi connectivity index (χ1v) is 9.03. The second-order valence-corrected chi connectivity index (χ2v) is 8.31. The number of phenolic OH excluding ortho intramolecular Hbond substituents is 1. The van der Waals surface area contributed by atoms with E-state index in [0.717, 1.165) is 39.0 Å². The number of benzene rings is 1. The van der Waals surface area contributed by atoms with E-state index in [-0.39, 0.29) is 16.6 Å². The molecule has 4 bridgehead atoms. The minimum atomic E-state index is -0.173. The third-order valence-corrected chi connectivity index (χ3v) is 6.48. The number of carbonyl (C=O) groups is 1. The summed E-state index contributed by atoms with van der Waals surface area (Å²) in [5.74, 6) is 1.24. The number of piperidine rings is 2. The summed E-state index contributed by atoms with van der Waals surface area (Å²) >= 11 is 0. The maximum Gasteiger partial charge on any atom is 0.240 e. The SMILES string of the molecule is CCCC12C[NH+]3CC(C)(C[NH+](C1)C3c1ccc(O)c(OC)c1)C2=O. The van der Waals surface area contributed by atoms with E-state index < -0.39 is 0 Å². The zero-order valence-electron chi connectivity index (χ0n) is 14.8. The zero-order chi connectivity index (χ0) is 17.1. The molecule has 0 spiro atoms. The lowest BCUT2D eigenvalue weighted by atomic mass is 9.59. The molecule has 4 heterocycles. The third-order valence-electron chi connectivity index (χ3n) is 6.48. The number of aromatic hydroxyl groups is 1. The van der Waals surface area contributed by atoms with Crippen molar-refractivity contribution >= 4 is 5.78 Å². The van der Waals surface area contributed by atoms with Crippen molar-refractivity contribution in [2.45, 2.75) is 32.9 Å². The Morgan fingerprint density at radius 3 is 2.50 bits per heavy atom. The first-order valence-electron chi connectivity index (χ1n) is 9.03. The standard InChI is InChI=1S/C19H26N2O3/c1-4-7-19-11-20-9-18(2,17(19)23)10-21(12-19)16(20)13-5-6-14(22)15(8-13)24-3/h5-6,8,16,22H,4,7,9-12H2,1-3H3/p+2. The fourth-order valence-corrected chi connectivity index (χ4v) is 5.89. The summed E-state index contributed by atoms with van der Waals surface area (Å²) in [5.41, 5.74) is 0.909. The van der Waals surface area contributed by atoms with Gasteiger partial charge in [0.15, 0.2) is 17.3 Å². The molecule has 0 aliphatic carbocycles. The van der Waals surface area contributed by atoms with Crippen molar-refractivity contribution < 1.29 is 24.4 Å². The van der Waals surface area contributed by atoms with E-state index in [2.05, 4.69) is 13.8 Å². The Morgan fingerprint density at radius 1 is 1.25 bits per heavy atom. The molecule has 0 saturated carbocycles. The Balaban J connectivity index is 1.72. The van der Waals surface area contributed by atoms with Crippen molar-refractivity contribution in [2.75, 3.05) is 33.3 Å². The van der Waals surface area contributed by atoms with Crippen LogP contribution in [0.5, 0.6) is 11.5 Å². The second kappa shape index (κ2) is 5.20. The zero-order valence-corrected chi connectivity index (χ0v) is 14.8. The summed E-state index contributed by atoms with van der Waals surface area (Å²) in [6.45, 7) is 8.11. The van der Waals surface area contributed by atoms with Gasteiger partial charge in [-0.15, -0.1) is 0 Å². The fourth-order valence-electron chi connectivity index (χ4n) is 5.89. The van der Waals surface area contributed by atoms with Gasteiger partial charge in [-0.05, 0) is 31.5 Å². The van der Waals surface area contributed by atoms with Crippen molar-refractivity contribution in [3.8, 4) is 11.5 Å². The predicted octanol–water partition coefficient (Wildman–Crippen LogP) is -0.428. The summed E-state index contributed by atoms with van der Waals surface area (Å²) in [6.07, 6.45) is 2.42. The molecule has 1 aromatic rings. The van der Waals surface area contributed by atoms with Crippen molar-refractivity contribution in [3.05, 3.63) is 23.8 Å². The second-order valence-electron chi connectivity index (χ2n) is 8.31. The molecule has 2 atom stereocenters. The Morgan fingerprint density at radius 2 is 1.92 bits per heavy atom. The van der Waals surface area contributed by atoms with E-state index >= 15 is 0 Å². The molecule has 3 N–H and O–H groups in total. The number of phenols is 1. The number of ketones is 1. The molecule has 4 aliphatic rings. The summed E-state index contributed by atoms with van der Waals surface area (Å²) in [6, 6.07) is 5.72. The van der Waals surface area contributed by atoms with Crippen LogP contribution in [0.25, 0.3) is 0 Å². The largest absolute Gasteiger partial charge is 0.504 e. The Bertz CT molecular complexity index is 671. The highest BCUT2D eigenvalue weighted by Crippen LogP contribution is 2.40. The molecule has 2 unspecified atom stereocenters. The third kappa shape index (κ3) is 2.04. The van der Waals surface area contributed by atoms with Gasteiger partial charge in [-0.2, -0.15) is 0 Å². The highest BCUT2D eigenvalue weighted by molar-refractivity contribution is 5.91. The lowest BCUT2D eigenvalue weighted by Gasteiger charge is -2.59. The van der Waals surface area contributed by atoms with Crippen molar-refractivity contribution in [2.24, 2.45) is 10.8 Å². The lowest BCUT2D eigenvalue weighted by Crippen LogP contribution is -3.41. The van der Waals surface area contributed by atoms with Crippen LogP contribution in [0, 0.1) is 10.8 Å². The first kappa shape index (κ1) is 15.9. The molecule has 5 nitrogen and oxygen atoms in total. The molecule has 0 aromatic heterocycles. The number of Topliss-reactive ketones (excluding diaryl/α,β-unsaturated/α-hetero) is 1. The van der Waals surface area contributed by atoms with Gasteiger partial charge in [-0.1, -0.05) is 13.3 Å². The van der Waals surface area contributed by atoms with Gasteiger partial charge in [-0.25, -0.2) is 0 Å². The van der Waals surface area contributed by atoms with Gasteiger partial charge in [0.05, 0.1) is 25.8 Å². The van der Waals surface area contributed by atoms with Crippen LogP contribution in [0.15, 0.2) is 18.2 Å². The average molecular weight is 332 g/mol. The van der Waals surface area contributed by atoms with Gasteiger partial charge in [0.1, 0.15) is 23.9 Å². The average Bonchev–Trinajstić information content (AvgIpc) is 2.53. The minimum absolute atomic E-state index is 0.123. The van der Waals surface area contributed by atoms with Gasteiger partial charge in [0, 0.05) is 0 Å². The highest BCUT2D eigenvalue weighted by atomic mass is 16.5. The van der Waals surface area contributed by atoms with Crippen LogP contribution in [-0.4, -0.2) is 44.2 Å². The topological polar surface area (TPSA) is 55.4 Å². The molecule has 5 rings (SSSR count). The fraction of sp³-hybridized carbons (Fsp3) is 0.632. The quantitative estimate of drug-likeness (QED) is 0.702. The number of nitrogens with one attached hydrogen (secondary N) is 2. The van der Waals surface area contributed by atoms with E-state index in [0.29, 0.717) is 17.7 Å². The predicted molar refractivity (Wildman–Crippen MR) is 89.2 cm³/mol. The van der Waals surface area contributed by atoms with Crippen LogP contribution >= 0.6 is 0 Å². The Labute approximate surface area is 143 Å². The summed E-state index contributed by atoms with van der Waals surface area (Å²) in [4.78, 5) is 16.2. The molecule has 24 heavy (non-hydrogen) atoms. The summed E-state index contributed by atoms with van der Waals surface area (Å²) in [7, 11) is 1.59. The molecule has 4 aliphatic heterocycles. The van der Waals surface area contributed by atoms with Gasteiger partial charge < -0.3 is 9.84 Å². The van der Waals surface area contributed by atoms with Crippen molar-refractivity contribution in [3.63, 3.8) is 0 Å². The molecule has 0 amide bonds. The molecule has 130 valence electrons. The van der Waals surface area contributed by atoms with Gasteiger partial charge >= 0.3 is 0 Å². The molecular formula is C19H28N2O3+2. The number of hydrogen-bond acceptors (Lipinski definition) is 3. The van der Waals surface area contributed by atoms with E-state index in [1.54, 1.807) is 13.2 Å². The summed E-state index contributed by atoms with van der Waals surface area (Å²) in [5, 5.41) is 9.89. The first-order chi connectivity index (χ1) is 11.4. The van der Waals surface area contributed by atoms with Gasteiger partial charge in [0.2, 0.25) is 6.17 Å². The van der Waals surface area contributed by atoms with Crippen molar-refractivity contribution in [1.29, 1.82) is 0 Å². The van der Waals surface area contributed by atoms with Crippen LogP contribution in [0.3, 0.4) is 0 Å². The van der Waals surface area contributed by atoms with Crippen LogP contribution in [0.2, 0.25) is 0 Å². The van der Waals surface area contributed by atoms with Crippen LogP contribution in [0.1, 0.15) is 38.4 Å². The van der Waals surface area contributed by atoms with Crippen molar-refractivity contribution in [1.82, 2.24) is 0 Å². The molecule has 4 saturated heterocycles. The molecule has 1 aromatic carbocycles. The Kier molecular flexibility index (Phi) is 3.45. The minimum Gasteiger partial charge on any atom is -0.504 e. The van der Waals surface area contributed by atoms with E-state index in [4.69, 9.17) is 4.74 Å². The molecule has 4 fully saturated rings. The monoisotopic (exact) mass is 332 g/mol. The van der Waals surface area contributed by atoms with Gasteiger partial charge in [-0.3, -0.25) is 14.6 Å². The van der Waals surface area contributed by atoms with Crippen LogP contribution < -0.4 is 14.5 Å². The number of quaternary nitrogens is 2. The molecule has 5 heteroatoms. The lowest BCUT2D eigenvalue weighted by molar-refractivity contribution is -1.18. The maximum atomic E-state index is 13.1. The highest BCUT2D eigenvalue weighted by Gasteiger charge is 2.69. The number of rotatable bonds is 4. The number of carbonyl (C=O) groups excluding carboxylic acids is 1. The Hall–Kier alpha value is -1.59. The smallest absolute Gasteiger partial charge is 0.240 e. The number of hydrogen-bond donors (Lipinski definition) is 3. The van der Waals surface area contributed by atoms with Crippen LogP contribution in [0.4, 0.5) is 0 Å². The van der Waals surface area contributed by atoms with Gasteiger partial charge in [0.25, 0.3) is 0 Å². The summed E-state index contributed by atoms with van der Waals surface area (Å²) < 4.78 is 5.30. The number of ether oxygens (including phenoxy) is 1.